The van der Waals surface area contributed by atoms with Gasteiger partial charge in [-0.25, -0.2) is 4.98 Å². The first-order chi connectivity index (χ1) is 8.88. The summed E-state index contributed by atoms with van der Waals surface area (Å²) in [5.41, 5.74) is 8.29. The Labute approximate surface area is 108 Å². The number of hydrogen-bond donors (Lipinski definition) is 1. The van der Waals surface area contributed by atoms with Crippen LogP contribution in [-0.2, 0) is 11.3 Å². The summed E-state index contributed by atoms with van der Waals surface area (Å²) in [7, 11) is 0. The quantitative estimate of drug-likeness (QED) is 0.871. The topological polar surface area (TPSA) is 53.1 Å². The summed E-state index contributed by atoms with van der Waals surface area (Å²) in [5.74, 6) is 0.278. The van der Waals surface area contributed by atoms with Crippen molar-refractivity contribution in [3.05, 3.63) is 23.8 Å². The number of alkyl halides is 3. The van der Waals surface area contributed by atoms with Crippen LogP contribution in [0.5, 0.6) is 0 Å². The lowest BCUT2D eigenvalue weighted by Gasteiger charge is -2.10. The number of fused-ring (bicyclic) bond motifs is 1. The van der Waals surface area contributed by atoms with Crippen molar-refractivity contribution in [1.29, 1.82) is 0 Å². The predicted molar refractivity (Wildman–Crippen MR) is 65.8 cm³/mol. The largest absolute Gasteiger partial charge is 0.411 e. The van der Waals surface area contributed by atoms with E-state index in [0.29, 0.717) is 0 Å². The van der Waals surface area contributed by atoms with E-state index in [4.69, 9.17) is 5.73 Å². The van der Waals surface area contributed by atoms with Crippen LogP contribution in [-0.4, -0.2) is 28.9 Å². The predicted octanol–water partition coefficient (Wildman–Crippen LogP) is 2.51. The van der Waals surface area contributed by atoms with Crippen molar-refractivity contribution in [3.8, 4) is 0 Å². The highest BCUT2D eigenvalue weighted by molar-refractivity contribution is 5.81. The molecule has 0 unspecified atom stereocenters. The molecule has 0 radical (unpaired) electrons. The van der Waals surface area contributed by atoms with Crippen LogP contribution >= 0.6 is 0 Å². The zero-order valence-electron chi connectivity index (χ0n) is 10.4. The monoisotopic (exact) mass is 273 g/mol. The zero-order chi connectivity index (χ0) is 14.0. The average Bonchev–Trinajstić information content (AvgIpc) is 2.61. The minimum atomic E-state index is -4.31. The molecule has 0 bridgehead atoms. The van der Waals surface area contributed by atoms with Crippen LogP contribution in [0.15, 0.2) is 18.2 Å². The lowest BCUT2D eigenvalue weighted by atomic mass is 10.2. The zero-order valence-corrected chi connectivity index (χ0v) is 10.4. The van der Waals surface area contributed by atoms with Crippen molar-refractivity contribution < 1.29 is 17.9 Å². The smallest absolute Gasteiger partial charge is 0.370 e. The molecule has 2 aromatic rings. The summed E-state index contributed by atoms with van der Waals surface area (Å²) in [4.78, 5) is 4.16. The van der Waals surface area contributed by atoms with Crippen LogP contribution in [0.2, 0.25) is 0 Å². The molecule has 0 aliphatic carbocycles. The molecule has 0 atom stereocenters. The highest BCUT2D eigenvalue weighted by Gasteiger charge is 2.27. The maximum atomic E-state index is 11.9. The van der Waals surface area contributed by atoms with Crippen LogP contribution in [0.3, 0.4) is 0 Å². The first kappa shape index (κ1) is 13.7. The van der Waals surface area contributed by atoms with Gasteiger partial charge < -0.3 is 15.0 Å². The molecule has 19 heavy (non-hydrogen) atoms. The van der Waals surface area contributed by atoms with E-state index in [2.05, 4.69) is 9.72 Å². The van der Waals surface area contributed by atoms with Crippen LogP contribution in [0.25, 0.3) is 11.0 Å². The number of rotatable bonds is 4. The number of para-hydroxylation sites is 1. The highest BCUT2D eigenvalue weighted by Crippen LogP contribution is 2.21. The van der Waals surface area contributed by atoms with Gasteiger partial charge in [0, 0.05) is 6.54 Å². The molecule has 0 fully saturated rings. The summed E-state index contributed by atoms with van der Waals surface area (Å²) in [6, 6.07) is 5.57. The third kappa shape index (κ3) is 3.17. The standard InChI is InChI=1S/C12H14F3N3O/c1-8-3-2-4-9-10(8)18(11(16)17-9)5-6-19-7-12(13,14)15/h2-4H,5-7H2,1H3,(H2,16,17). The Morgan fingerprint density at radius 3 is 2.79 bits per heavy atom. The fraction of sp³-hybridized carbons (Fsp3) is 0.417. The van der Waals surface area contributed by atoms with Gasteiger partial charge >= 0.3 is 6.18 Å². The molecular formula is C12H14F3N3O. The normalized spacial score (nSPS) is 12.2. The Kier molecular flexibility index (Phi) is 3.66. The molecule has 104 valence electrons. The van der Waals surface area contributed by atoms with E-state index in [0.717, 1.165) is 16.6 Å². The molecule has 1 heterocycles. The minimum Gasteiger partial charge on any atom is -0.370 e. The SMILES string of the molecule is Cc1cccc2nc(N)n(CCOCC(F)(F)F)c12. The molecule has 0 amide bonds. The number of nitrogens with two attached hydrogens (primary N) is 1. The van der Waals surface area contributed by atoms with E-state index in [1.54, 1.807) is 4.57 Å². The number of benzene rings is 1. The first-order valence-corrected chi connectivity index (χ1v) is 5.74. The van der Waals surface area contributed by atoms with Gasteiger partial charge in [-0.15, -0.1) is 0 Å². The van der Waals surface area contributed by atoms with Crippen LogP contribution in [0.4, 0.5) is 19.1 Å². The van der Waals surface area contributed by atoms with E-state index in [1.165, 1.54) is 0 Å². The molecule has 0 saturated carbocycles. The van der Waals surface area contributed by atoms with Crippen molar-refractivity contribution >= 4 is 17.0 Å². The van der Waals surface area contributed by atoms with Crippen molar-refractivity contribution in [1.82, 2.24) is 9.55 Å². The maximum Gasteiger partial charge on any atom is 0.411 e. The van der Waals surface area contributed by atoms with E-state index in [1.807, 2.05) is 25.1 Å². The van der Waals surface area contributed by atoms with Crippen LogP contribution in [0.1, 0.15) is 5.56 Å². The third-order valence-corrected chi connectivity index (χ3v) is 2.72. The van der Waals surface area contributed by atoms with Gasteiger partial charge in [-0.1, -0.05) is 12.1 Å². The van der Waals surface area contributed by atoms with Crippen molar-refractivity contribution in [3.63, 3.8) is 0 Å². The van der Waals surface area contributed by atoms with E-state index in [9.17, 15) is 13.2 Å². The molecule has 0 spiro atoms. The molecule has 1 aromatic heterocycles. The summed E-state index contributed by atoms with van der Waals surface area (Å²) in [6.07, 6.45) is -4.31. The molecule has 0 aliphatic rings. The number of anilines is 1. The molecular weight excluding hydrogens is 259 g/mol. The second-order valence-electron chi connectivity index (χ2n) is 4.23. The number of halogens is 3. The van der Waals surface area contributed by atoms with E-state index in [-0.39, 0.29) is 19.1 Å². The van der Waals surface area contributed by atoms with Crippen molar-refractivity contribution in [2.45, 2.75) is 19.6 Å². The summed E-state index contributed by atoms with van der Waals surface area (Å²) < 4.78 is 42.1. The van der Waals surface area contributed by atoms with Gasteiger partial charge in [-0.05, 0) is 18.6 Å². The second-order valence-corrected chi connectivity index (χ2v) is 4.23. The summed E-state index contributed by atoms with van der Waals surface area (Å²) in [5, 5.41) is 0. The Balaban J connectivity index is 2.10. The van der Waals surface area contributed by atoms with Crippen molar-refractivity contribution in [2.75, 3.05) is 18.9 Å². The Hall–Kier alpha value is -1.76. The highest BCUT2D eigenvalue weighted by atomic mass is 19.4. The molecule has 0 saturated heterocycles. The number of nitrogens with zero attached hydrogens (tertiary/aromatic N) is 2. The number of imidazole rings is 1. The molecule has 4 nitrogen and oxygen atoms in total. The molecule has 7 heteroatoms. The van der Waals surface area contributed by atoms with Crippen LogP contribution < -0.4 is 5.73 Å². The Bertz CT molecular complexity index is 577. The number of ether oxygens (including phenoxy) is 1. The van der Waals surface area contributed by atoms with Gasteiger partial charge in [-0.3, -0.25) is 0 Å². The van der Waals surface area contributed by atoms with Gasteiger partial charge in [0.05, 0.1) is 17.6 Å². The lowest BCUT2D eigenvalue weighted by molar-refractivity contribution is -0.174. The molecule has 2 rings (SSSR count). The number of nitrogen functional groups attached to an aromatic ring is 1. The lowest BCUT2D eigenvalue weighted by Crippen LogP contribution is -2.19. The third-order valence-electron chi connectivity index (χ3n) is 2.72. The fourth-order valence-electron chi connectivity index (χ4n) is 1.95. The fourth-order valence-corrected chi connectivity index (χ4v) is 1.95. The Morgan fingerprint density at radius 1 is 1.37 bits per heavy atom. The van der Waals surface area contributed by atoms with E-state index >= 15 is 0 Å². The van der Waals surface area contributed by atoms with Gasteiger partial charge in [0.25, 0.3) is 0 Å². The first-order valence-electron chi connectivity index (χ1n) is 5.74. The average molecular weight is 273 g/mol. The second kappa shape index (κ2) is 5.08. The minimum absolute atomic E-state index is 0.0660. The van der Waals surface area contributed by atoms with Gasteiger partial charge in [0.1, 0.15) is 6.61 Å². The van der Waals surface area contributed by atoms with E-state index < -0.39 is 12.8 Å². The van der Waals surface area contributed by atoms with Crippen LogP contribution in [0, 0.1) is 6.92 Å². The molecule has 0 aliphatic heterocycles. The number of aromatic nitrogens is 2. The van der Waals surface area contributed by atoms with Gasteiger partial charge in [0.15, 0.2) is 0 Å². The molecule has 1 aromatic carbocycles. The van der Waals surface area contributed by atoms with Crippen molar-refractivity contribution in [2.24, 2.45) is 0 Å². The summed E-state index contributed by atoms with van der Waals surface area (Å²) >= 11 is 0. The summed E-state index contributed by atoms with van der Waals surface area (Å²) in [6.45, 7) is 0.821. The number of hydrogen-bond acceptors (Lipinski definition) is 3. The Morgan fingerprint density at radius 2 is 2.11 bits per heavy atom. The maximum absolute atomic E-state index is 11.9. The molecule has 2 N–H and O–H groups in total. The van der Waals surface area contributed by atoms with Gasteiger partial charge in [0.2, 0.25) is 5.95 Å². The van der Waals surface area contributed by atoms with Gasteiger partial charge in [-0.2, -0.15) is 13.2 Å². The number of aryl methyl sites for hydroxylation is 1.